The number of aliphatic imine (C=N–C) groups is 1. The van der Waals surface area contributed by atoms with Crippen LogP contribution in [0.15, 0.2) is 4.99 Å². The molecule has 25 heavy (non-hydrogen) atoms. The van der Waals surface area contributed by atoms with Crippen LogP contribution in [0.2, 0.25) is 0 Å². The lowest BCUT2D eigenvalue weighted by Gasteiger charge is -2.42. The normalized spacial score (nSPS) is 23.0. The molecule has 2 fully saturated rings. The Kier molecular flexibility index (Phi) is 11.3. The minimum Gasteiger partial charge on any atom is -0.385 e. The van der Waals surface area contributed by atoms with Crippen molar-refractivity contribution in [3.63, 3.8) is 0 Å². The quantitative estimate of drug-likeness (QED) is 0.292. The molecule has 7 heteroatoms. The lowest BCUT2D eigenvalue weighted by Crippen LogP contribution is -2.49. The highest BCUT2D eigenvalue weighted by Gasteiger charge is 2.36. The molecular weight excluding hydrogens is 431 g/mol. The van der Waals surface area contributed by atoms with Crippen molar-refractivity contribution in [3.8, 4) is 0 Å². The topological polar surface area (TPSA) is 58.1 Å². The molecule has 1 heterocycles. The molecule has 0 spiro atoms. The van der Waals surface area contributed by atoms with Gasteiger partial charge in [-0.05, 0) is 44.1 Å². The van der Waals surface area contributed by atoms with Gasteiger partial charge in [-0.25, -0.2) is 0 Å². The van der Waals surface area contributed by atoms with Crippen LogP contribution in [0.5, 0.6) is 0 Å². The molecule has 0 bridgehead atoms. The van der Waals surface area contributed by atoms with Gasteiger partial charge in [0.1, 0.15) is 0 Å². The van der Waals surface area contributed by atoms with Crippen LogP contribution in [0.3, 0.4) is 0 Å². The van der Waals surface area contributed by atoms with Crippen LogP contribution in [0.1, 0.15) is 38.5 Å². The summed E-state index contributed by atoms with van der Waals surface area (Å²) in [6.45, 7) is 5.81. The van der Waals surface area contributed by atoms with Crippen molar-refractivity contribution in [1.82, 2.24) is 15.5 Å². The highest BCUT2D eigenvalue weighted by Crippen LogP contribution is 2.43. The molecule has 1 aliphatic carbocycles. The first-order valence-corrected chi connectivity index (χ1v) is 9.39. The Morgan fingerprint density at radius 3 is 2.52 bits per heavy atom. The largest absolute Gasteiger partial charge is 0.385 e. The fourth-order valence-corrected chi connectivity index (χ4v) is 3.85. The number of guanidine groups is 1. The number of likely N-dealkylation sites (tertiary alicyclic amines) is 1. The third-order valence-corrected chi connectivity index (χ3v) is 5.69. The van der Waals surface area contributed by atoms with E-state index in [0.717, 1.165) is 45.2 Å². The maximum absolute atomic E-state index is 5.28. The second kappa shape index (κ2) is 12.3. The first-order chi connectivity index (χ1) is 11.7. The van der Waals surface area contributed by atoms with E-state index in [0.29, 0.717) is 11.5 Å². The Balaban J connectivity index is 0.00000312. The van der Waals surface area contributed by atoms with Crippen LogP contribution in [0.4, 0.5) is 0 Å². The minimum absolute atomic E-state index is 0. The summed E-state index contributed by atoms with van der Waals surface area (Å²) >= 11 is 0. The molecule has 148 valence electrons. The average Bonchev–Trinajstić information content (AvgIpc) is 3.01. The zero-order chi connectivity index (χ0) is 17.3. The van der Waals surface area contributed by atoms with Gasteiger partial charge in [0, 0.05) is 53.6 Å². The summed E-state index contributed by atoms with van der Waals surface area (Å²) in [5.41, 5.74) is 0.408. The average molecular weight is 468 g/mol. The number of nitrogens with one attached hydrogen (secondary N) is 2. The van der Waals surface area contributed by atoms with E-state index in [1.165, 1.54) is 38.6 Å². The molecule has 2 rings (SSSR count). The Labute approximate surface area is 170 Å². The summed E-state index contributed by atoms with van der Waals surface area (Å²) in [6.07, 6.45) is 7.62. The molecule has 0 aromatic heterocycles. The molecule has 2 aliphatic rings. The van der Waals surface area contributed by atoms with Crippen LogP contribution >= 0.6 is 24.0 Å². The van der Waals surface area contributed by atoms with Crippen molar-refractivity contribution in [2.45, 2.75) is 44.6 Å². The Morgan fingerprint density at radius 1 is 1.16 bits per heavy atom. The minimum atomic E-state index is 0. The number of halogens is 1. The van der Waals surface area contributed by atoms with Crippen LogP contribution in [-0.4, -0.2) is 77.6 Å². The van der Waals surface area contributed by atoms with E-state index < -0.39 is 0 Å². The Bertz CT molecular complexity index is 391. The zero-order valence-electron chi connectivity index (χ0n) is 16.2. The number of methoxy groups -OCH3 is 2. The van der Waals surface area contributed by atoms with E-state index >= 15 is 0 Å². The highest BCUT2D eigenvalue weighted by molar-refractivity contribution is 14.0. The summed E-state index contributed by atoms with van der Waals surface area (Å²) < 4.78 is 10.5. The number of nitrogens with zero attached hydrogens (tertiary/aromatic N) is 2. The van der Waals surface area contributed by atoms with Gasteiger partial charge in [0.25, 0.3) is 0 Å². The lowest BCUT2D eigenvalue weighted by molar-refractivity contribution is 0.0732. The monoisotopic (exact) mass is 468 g/mol. The fourth-order valence-electron chi connectivity index (χ4n) is 3.85. The standard InChI is InChI=1S/C18H36N4O2.HI/c1-19-17(21-15-18(7-5-8-18)9-12-23-2)20-14-16-6-4-10-22(16)11-13-24-3;/h16H,4-15H2,1-3H3,(H2,19,20,21);1H. The molecule has 2 N–H and O–H groups in total. The number of ether oxygens (including phenoxy) is 2. The van der Waals surface area contributed by atoms with Gasteiger partial charge in [0.15, 0.2) is 5.96 Å². The van der Waals surface area contributed by atoms with Crippen molar-refractivity contribution in [2.75, 3.05) is 60.7 Å². The van der Waals surface area contributed by atoms with Gasteiger partial charge in [-0.2, -0.15) is 0 Å². The highest BCUT2D eigenvalue weighted by atomic mass is 127. The molecule has 1 saturated heterocycles. The third kappa shape index (κ3) is 7.19. The van der Waals surface area contributed by atoms with Crippen LogP contribution in [-0.2, 0) is 9.47 Å². The van der Waals surface area contributed by atoms with Gasteiger partial charge < -0.3 is 20.1 Å². The summed E-state index contributed by atoms with van der Waals surface area (Å²) in [7, 11) is 5.42. The van der Waals surface area contributed by atoms with Crippen molar-refractivity contribution in [2.24, 2.45) is 10.4 Å². The number of hydrogen-bond acceptors (Lipinski definition) is 4. The van der Waals surface area contributed by atoms with Gasteiger partial charge in [-0.15, -0.1) is 24.0 Å². The maximum Gasteiger partial charge on any atom is 0.191 e. The molecule has 0 aromatic carbocycles. The number of hydrogen-bond donors (Lipinski definition) is 2. The molecule has 0 radical (unpaired) electrons. The predicted octanol–water partition coefficient (Wildman–Crippen LogP) is 2.09. The van der Waals surface area contributed by atoms with Gasteiger partial charge in [-0.1, -0.05) is 6.42 Å². The lowest BCUT2D eigenvalue weighted by atomic mass is 9.67. The fraction of sp³-hybridized carbons (Fsp3) is 0.944. The molecule has 6 nitrogen and oxygen atoms in total. The smallest absolute Gasteiger partial charge is 0.191 e. The first kappa shape index (κ1) is 22.9. The Morgan fingerprint density at radius 2 is 1.92 bits per heavy atom. The summed E-state index contributed by atoms with van der Waals surface area (Å²) in [4.78, 5) is 6.92. The third-order valence-electron chi connectivity index (χ3n) is 5.69. The second-order valence-corrected chi connectivity index (χ2v) is 7.23. The van der Waals surface area contributed by atoms with Gasteiger partial charge in [-0.3, -0.25) is 9.89 Å². The van der Waals surface area contributed by atoms with Crippen LogP contribution in [0, 0.1) is 5.41 Å². The molecule has 1 atom stereocenters. The number of rotatable bonds is 10. The van der Waals surface area contributed by atoms with E-state index in [9.17, 15) is 0 Å². The van der Waals surface area contributed by atoms with Gasteiger partial charge >= 0.3 is 0 Å². The molecule has 1 unspecified atom stereocenters. The van der Waals surface area contributed by atoms with E-state index in [1.54, 1.807) is 14.2 Å². The molecule has 0 aromatic rings. The molecule has 0 amide bonds. The molecule has 1 saturated carbocycles. The summed E-state index contributed by atoms with van der Waals surface area (Å²) in [5, 5.41) is 7.06. The van der Waals surface area contributed by atoms with Gasteiger partial charge in [0.05, 0.1) is 6.61 Å². The van der Waals surface area contributed by atoms with E-state index in [-0.39, 0.29) is 24.0 Å². The van der Waals surface area contributed by atoms with E-state index in [2.05, 4.69) is 20.5 Å². The molecular formula is C18H37IN4O2. The van der Waals surface area contributed by atoms with Crippen LogP contribution < -0.4 is 10.6 Å². The predicted molar refractivity (Wildman–Crippen MR) is 114 cm³/mol. The van der Waals surface area contributed by atoms with Crippen molar-refractivity contribution < 1.29 is 9.47 Å². The van der Waals surface area contributed by atoms with E-state index in [4.69, 9.17) is 9.47 Å². The Hall–Kier alpha value is -0.120. The SMILES string of the molecule is CN=C(NCC1CCCN1CCOC)NCC1(CCOC)CCC1.I. The van der Waals surface area contributed by atoms with Gasteiger partial charge in [0.2, 0.25) is 0 Å². The summed E-state index contributed by atoms with van der Waals surface area (Å²) in [5.74, 6) is 0.928. The van der Waals surface area contributed by atoms with E-state index in [1.807, 2.05) is 7.05 Å². The van der Waals surface area contributed by atoms with Crippen molar-refractivity contribution >= 4 is 29.9 Å². The summed E-state index contributed by atoms with van der Waals surface area (Å²) in [6, 6.07) is 0.588. The molecule has 1 aliphatic heterocycles. The van der Waals surface area contributed by atoms with Crippen molar-refractivity contribution in [3.05, 3.63) is 0 Å². The second-order valence-electron chi connectivity index (χ2n) is 7.23. The van der Waals surface area contributed by atoms with Crippen molar-refractivity contribution in [1.29, 1.82) is 0 Å². The first-order valence-electron chi connectivity index (χ1n) is 9.39. The maximum atomic E-state index is 5.28. The zero-order valence-corrected chi connectivity index (χ0v) is 18.5. The van der Waals surface area contributed by atoms with Crippen LogP contribution in [0.25, 0.3) is 0 Å².